The number of rotatable bonds is 5. The van der Waals surface area contributed by atoms with Crippen LogP contribution in [0.2, 0.25) is 0 Å². The zero-order valence-electron chi connectivity index (χ0n) is 29.1. The number of nitrogens with zero attached hydrogens (tertiary/aromatic N) is 3. The lowest BCUT2D eigenvalue weighted by atomic mass is 9.74. The van der Waals surface area contributed by atoms with E-state index in [0.29, 0.717) is 28.6 Å². The summed E-state index contributed by atoms with van der Waals surface area (Å²) in [6.45, 7) is 1.73. The second-order valence-corrected chi connectivity index (χ2v) is 15.4. The van der Waals surface area contributed by atoms with Crippen molar-refractivity contribution in [3.05, 3.63) is 94.5 Å². The Hall–Kier alpha value is -3.80. The van der Waals surface area contributed by atoms with E-state index >= 15 is 9.59 Å². The molecule has 3 fully saturated rings. The fraction of sp³-hybridized carbons (Fsp3) is 0.500. The molecular weight excluding hydrogens is 714 g/mol. The first-order valence-electron chi connectivity index (χ1n) is 18.2. The van der Waals surface area contributed by atoms with Crippen molar-refractivity contribution in [3.63, 3.8) is 0 Å². The lowest BCUT2D eigenvalue weighted by molar-refractivity contribution is -0.164. The van der Waals surface area contributed by atoms with Crippen molar-refractivity contribution < 1.29 is 33.8 Å². The second-order valence-electron chi connectivity index (χ2n) is 14.5. The molecule has 8 atom stereocenters. The molecule has 1 spiro atoms. The van der Waals surface area contributed by atoms with Crippen LogP contribution in [0.5, 0.6) is 0 Å². The number of likely N-dealkylation sites (tertiary alicyclic amines) is 1. The number of fused-ring (bicyclic) bond motifs is 2. The number of ether oxygens (including phenoxy) is 2. The van der Waals surface area contributed by atoms with E-state index in [2.05, 4.69) is 15.9 Å². The van der Waals surface area contributed by atoms with E-state index < -0.39 is 66.3 Å². The number of hydrogen-bond acceptors (Lipinski definition) is 7. The molecule has 4 aliphatic heterocycles. The summed E-state index contributed by atoms with van der Waals surface area (Å²) in [5, 5.41) is 10.9. The van der Waals surface area contributed by atoms with Crippen molar-refractivity contribution in [2.45, 2.75) is 93.8 Å². The predicted molar refractivity (Wildman–Crippen MR) is 193 cm³/mol. The van der Waals surface area contributed by atoms with E-state index in [1.165, 1.54) is 4.90 Å². The van der Waals surface area contributed by atoms with Gasteiger partial charge in [0, 0.05) is 30.5 Å². The molecule has 5 aliphatic rings. The Bertz CT molecular complexity index is 1700. The summed E-state index contributed by atoms with van der Waals surface area (Å²) in [5.41, 5.74) is -0.0882. The van der Waals surface area contributed by atoms with Crippen LogP contribution in [-0.4, -0.2) is 93.5 Å². The molecule has 7 rings (SSSR count). The predicted octanol–water partition coefficient (Wildman–Crippen LogP) is 5.24. The zero-order chi connectivity index (χ0) is 35.9. The maximum absolute atomic E-state index is 15.3. The first-order chi connectivity index (χ1) is 24.7. The number of hydrogen-bond donors (Lipinski definition) is 1. The van der Waals surface area contributed by atoms with Crippen molar-refractivity contribution in [2.75, 3.05) is 20.2 Å². The molecule has 2 saturated heterocycles. The summed E-state index contributed by atoms with van der Waals surface area (Å²) in [5.74, 6) is -3.61. The van der Waals surface area contributed by atoms with Crippen molar-refractivity contribution in [1.82, 2.24) is 14.7 Å². The molecule has 10 nitrogen and oxygen atoms in total. The number of halogens is 1. The number of amides is 3. The first-order valence-corrected chi connectivity index (χ1v) is 19.0. The number of carbonyl (C=O) groups is 4. The van der Waals surface area contributed by atoms with Gasteiger partial charge in [0.2, 0.25) is 17.7 Å². The Labute approximate surface area is 307 Å². The SMILES string of the molecule is C[C@@H]1[C@@H](c2ccccc2)OC(=O)[C@@H]2[C@H]3O[C@@]4(C=C3Br)[C@H](C(=O)N(C3CCCCC3)C/C=C\CCC(=O)N1C)N([C@H](CO)c1ccccc1)C(=O)[C@@H]24. The summed E-state index contributed by atoms with van der Waals surface area (Å²) in [7, 11) is 1.72. The van der Waals surface area contributed by atoms with Gasteiger partial charge < -0.3 is 29.3 Å². The molecule has 270 valence electrons. The van der Waals surface area contributed by atoms with Crippen molar-refractivity contribution in [2.24, 2.45) is 11.8 Å². The molecule has 0 radical (unpaired) electrons. The number of aliphatic hydroxyl groups is 1. The van der Waals surface area contributed by atoms with E-state index in [1.807, 2.05) is 84.6 Å². The van der Waals surface area contributed by atoms with Crippen molar-refractivity contribution >= 4 is 39.6 Å². The molecular formula is C40H46BrN3O7. The highest BCUT2D eigenvalue weighted by Gasteiger charge is 2.75. The lowest BCUT2D eigenvalue weighted by Gasteiger charge is -2.42. The molecule has 51 heavy (non-hydrogen) atoms. The Morgan fingerprint density at radius 3 is 2.29 bits per heavy atom. The largest absolute Gasteiger partial charge is 0.455 e. The number of benzene rings is 2. The van der Waals surface area contributed by atoms with Gasteiger partial charge >= 0.3 is 5.97 Å². The number of allylic oxidation sites excluding steroid dienone is 1. The van der Waals surface area contributed by atoms with Gasteiger partial charge in [0.25, 0.3) is 0 Å². The Balaban J connectivity index is 1.37. The van der Waals surface area contributed by atoms with Gasteiger partial charge in [0.05, 0.1) is 24.6 Å². The van der Waals surface area contributed by atoms with Crippen LogP contribution in [0.15, 0.2) is 83.4 Å². The van der Waals surface area contributed by atoms with E-state index in [9.17, 15) is 14.7 Å². The van der Waals surface area contributed by atoms with Gasteiger partial charge in [-0.1, -0.05) is 108 Å². The van der Waals surface area contributed by atoms with Crippen LogP contribution in [0.4, 0.5) is 0 Å². The van der Waals surface area contributed by atoms with Gasteiger partial charge in [0.1, 0.15) is 29.8 Å². The summed E-state index contributed by atoms with van der Waals surface area (Å²) < 4.78 is 13.7. The Kier molecular flexibility index (Phi) is 10.2. The van der Waals surface area contributed by atoms with Gasteiger partial charge in [-0.05, 0) is 43.4 Å². The normalized spacial score (nSPS) is 33.3. The highest BCUT2D eigenvalue weighted by Crippen LogP contribution is 2.60. The van der Waals surface area contributed by atoms with Crippen LogP contribution in [0.25, 0.3) is 0 Å². The molecule has 3 amide bonds. The fourth-order valence-electron chi connectivity index (χ4n) is 8.95. The Morgan fingerprint density at radius 2 is 1.61 bits per heavy atom. The van der Waals surface area contributed by atoms with Crippen LogP contribution in [0.3, 0.4) is 0 Å². The second kappa shape index (κ2) is 14.7. The molecule has 2 aromatic carbocycles. The zero-order valence-corrected chi connectivity index (χ0v) is 30.7. The number of aliphatic hydroxyl groups excluding tert-OH is 1. The van der Waals surface area contributed by atoms with Crippen LogP contribution >= 0.6 is 15.9 Å². The fourth-order valence-corrected chi connectivity index (χ4v) is 9.69. The maximum Gasteiger partial charge on any atom is 0.313 e. The third-order valence-electron chi connectivity index (χ3n) is 11.7. The Morgan fingerprint density at radius 1 is 0.922 bits per heavy atom. The van der Waals surface area contributed by atoms with Crippen molar-refractivity contribution in [1.29, 1.82) is 0 Å². The van der Waals surface area contributed by atoms with Crippen LogP contribution < -0.4 is 0 Å². The monoisotopic (exact) mass is 759 g/mol. The van der Waals surface area contributed by atoms with Gasteiger partial charge in [-0.2, -0.15) is 0 Å². The molecule has 0 unspecified atom stereocenters. The number of carbonyl (C=O) groups excluding carboxylic acids is 4. The number of cyclic esters (lactones) is 1. The summed E-state index contributed by atoms with van der Waals surface area (Å²) in [6, 6.07) is 15.9. The third-order valence-corrected chi connectivity index (χ3v) is 12.3. The van der Waals surface area contributed by atoms with Crippen LogP contribution in [0.1, 0.15) is 75.1 Å². The number of esters is 1. The minimum atomic E-state index is -1.48. The molecule has 0 aromatic heterocycles. The lowest BCUT2D eigenvalue weighted by Crippen LogP contribution is -2.58. The van der Waals surface area contributed by atoms with Gasteiger partial charge in [-0.25, -0.2) is 0 Å². The molecule has 1 aliphatic carbocycles. The molecule has 2 aromatic rings. The molecule has 11 heteroatoms. The van der Waals surface area contributed by atoms with E-state index in [4.69, 9.17) is 9.47 Å². The number of likely N-dealkylation sites (N-methyl/N-ethyl adjacent to an activating group) is 1. The quantitative estimate of drug-likeness (QED) is 0.328. The van der Waals surface area contributed by atoms with Crippen molar-refractivity contribution in [3.8, 4) is 0 Å². The third kappa shape index (κ3) is 6.25. The molecule has 1 N–H and O–H groups in total. The standard InChI is InChI=1S/C40H46BrN3O7/c1-25-34(27-17-9-4-10-18-27)50-39(49)32-33-37(47)44(30(24-45)26-15-7-3-8-16-26)36(40(33)23-29(41)35(32)51-40)38(48)43(28-19-11-5-12-20-28)22-14-6-13-21-31(46)42(25)2/h3-4,6-10,14-18,23,25,28,30,32-36,45H,5,11-13,19-22,24H2,1-2H3/b14-6-/t25-,30-,32+,33-,34+,35+,36+,40-/m1/s1. The van der Waals surface area contributed by atoms with Crippen LogP contribution in [-0.2, 0) is 28.7 Å². The molecule has 4 heterocycles. The summed E-state index contributed by atoms with van der Waals surface area (Å²) in [6.07, 6.45) is 9.47. The van der Waals surface area contributed by atoms with Crippen LogP contribution in [0, 0.1) is 11.8 Å². The maximum atomic E-state index is 15.3. The minimum Gasteiger partial charge on any atom is -0.455 e. The molecule has 5 bridgehead atoms. The van der Waals surface area contributed by atoms with E-state index in [-0.39, 0.29) is 24.3 Å². The van der Waals surface area contributed by atoms with E-state index in [1.54, 1.807) is 18.0 Å². The highest BCUT2D eigenvalue weighted by atomic mass is 79.9. The average Bonchev–Trinajstić information content (AvgIpc) is 3.75. The average molecular weight is 761 g/mol. The topological polar surface area (TPSA) is 117 Å². The van der Waals surface area contributed by atoms with Gasteiger partial charge in [-0.15, -0.1) is 0 Å². The van der Waals surface area contributed by atoms with E-state index in [0.717, 1.165) is 32.1 Å². The smallest absolute Gasteiger partial charge is 0.313 e. The summed E-state index contributed by atoms with van der Waals surface area (Å²) >= 11 is 3.66. The van der Waals surface area contributed by atoms with Gasteiger partial charge in [-0.3, -0.25) is 19.2 Å². The molecule has 1 saturated carbocycles. The first kappa shape index (κ1) is 35.6. The highest BCUT2D eigenvalue weighted by molar-refractivity contribution is 9.11. The summed E-state index contributed by atoms with van der Waals surface area (Å²) in [4.78, 5) is 63.4. The van der Waals surface area contributed by atoms with Gasteiger partial charge in [0.15, 0.2) is 0 Å². The minimum absolute atomic E-state index is 0.0540.